The van der Waals surface area contributed by atoms with E-state index < -0.39 is 0 Å². The van der Waals surface area contributed by atoms with Gasteiger partial charge < -0.3 is 30.6 Å². The first-order valence-corrected chi connectivity index (χ1v) is 24.3. The Bertz CT molecular complexity index is 2540. The molecule has 1 aliphatic heterocycles. The number of hydrogen-bond acceptors (Lipinski definition) is 12. The van der Waals surface area contributed by atoms with E-state index in [4.69, 9.17) is 46.4 Å². The second-order valence-corrected chi connectivity index (χ2v) is 18.8. The van der Waals surface area contributed by atoms with E-state index in [1.807, 2.05) is 9.80 Å². The number of hydrogen-bond donors (Lipinski definition) is 2. The van der Waals surface area contributed by atoms with E-state index in [0.717, 1.165) is 11.1 Å². The largest absolute Gasteiger partial charge is 0.872 e. The molecule has 0 fully saturated rings. The Morgan fingerprint density at radius 2 is 0.714 bits per heavy atom. The van der Waals surface area contributed by atoms with Crippen molar-refractivity contribution in [3.05, 3.63) is 173 Å². The number of aliphatic imine (C=N–C) groups is 4. The van der Waals surface area contributed by atoms with Gasteiger partial charge in [0.1, 0.15) is 11.5 Å². The van der Waals surface area contributed by atoms with Crippen molar-refractivity contribution in [3.8, 4) is 34.5 Å². The zero-order valence-electron chi connectivity index (χ0n) is 38.2. The summed E-state index contributed by atoms with van der Waals surface area (Å²) in [6, 6.07) is 26.2. The Balaban J connectivity index is 1.17. The van der Waals surface area contributed by atoms with Crippen LogP contribution in [0.2, 0.25) is 20.1 Å². The molecule has 6 aromatic carbocycles. The smallest absolute Gasteiger partial charge is 0.128 e. The van der Waals surface area contributed by atoms with Gasteiger partial charge in [-0.15, -0.1) is 11.5 Å². The van der Waals surface area contributed by atoms with Gasteiger partial charge in [0.05, 0.1) is 0 Å². The molecule has 0 saturated heterocycles. The summed E-state index contributed by atoms with van der Waals surface area (Å²) >= 11 is 26.4. The monoisotopic (exact) mass is 1020 g/mol. The molecule has 12 nitrogen and oxygen atoms in total. The summed E-state index contributed by atoms with van der Waals surface area (Å²) in [7, 11) is 0. The molecule has 364 valence electrons. The molecule has 0 aliphatic carbocycles. The second kappa shape index (κ2) is 25.1. The topological polar surface area (TPSA) is 189 Å². The number of nitrogens with zero attached hydrogens (tertiary/aromatic N) is 6. The molecule has 6 aromatic rings. The summed E-state index contributed by atoms with van der Waals surface area (Å²) in [5, 5.41) is 76.0. The van der Waals surface area contributed by atoms with Crippen molar-refractivity contribution in [3.63, 3.8) is 0 Å². The molecular formula is C54H50Cl4N6O6-4. The Morgan fingerprint density at radius 3 is 1.07 bits per heavy atom. The average molecular weight is 1020 g/mol. The van der Waals surface area contributed by atoms with Crippen molar-refractivity contribution in [2.75, 3.05) is 39.3 Å². The van der Waals surface area contributed by atoms with Gasteiger partial charge in [0.25, 0.3) is 0 Å². The lowest BCUT2D eigenvalue weighted by molar-refractivity contribution is -0.270. The Kier molecular flexibility index (Phi) is 18.6. The van der Waals surface area contributed by atoms with Crippen molar-refractivity contribution >= 4 is 71.3 Å². The van der Waals surface area contributed by atoms with Gasteiger partial charge in [-0.1, -0.05) is 106 Å². The number of rotatable bonds is 6. The van der Waals surface area contributed by atoms with Gasteiger partial charge in [-0.25, -0.2) is 0 Å². The molecule has 7 rings (SSSR count). The third-order valence-corrected chi connectivity index (χ3v) is 12.5. The lowest BCUT2D eigenvalue weighted by Gasteiger charge is -2.27. The highest BCUT2D eigenvalue weighted by Gasteiger charge is 2.18. The third-order valence-electron chi connectivity index (χ3n) is 11.6. The molecule has 2 N–H and O–H groups in total. The third kappa shape index (κ3) is 14.9. The summed E-state index contributed by atoms with van der Waals surface area (Å²) in [6.45, 7) is 3.15. The maximum atomic E-state index is 13.9. The van der Waals surface area contributed by atoms with Crippen LogP contribution in [0.5, 0.6) is 34.5 Å². The molecule has 70 heavy (non-hydrogen) atoms. The van der Waals surface area contributed by atoms with Crippen LogP contribution < -0.4 is 20.4 Å². The molecule has 0 amide bonds. The zero-order chi connectivity index (χ0) is 49.6. The fraction of sp³-hybridized carbons (Fsp3) is 0.259. The van der Waals surface area contributed by atoms with Crippen molar-refractivity contribution in [1.82, 2.24) is 9.80 Å². The predicted molar refractivity (Wildman–Crippen MR) is 275 cm³/mol. The van der Waals surface area contributed by atoms with Crippen molar-refractivity contribution in [2.24, 2.45) is 20.0 Å². The first-order chi connectivity index (χ1) is 33.8. The predicted octanol–water partition coefficient (Wildman–Crippen LogP) is 8.67. The number of phenols is 2. The first-order valence-electron chi connectivity index (χ1n) is 22.8. The molecule has 0 atom stereocenters. The first kappa shape index (κ1) is 51.7. The second-order valence-electron chi connectivity index (χ2n) is 17.0. The Hall–Kier alpha value is -6.12. The summed E-state index contributed by atoms with van der Waals surface area (Å²) in [5.41, 5.74) is 5.27. The highest BCUT2D eigenvalue weighted by Crippen LogP contribution is 2.32. The highest BCUT2D eigenvalue weighted by atomic mass is 35.5. The minimum absolute atomic E-state index is 0.00226. The van der Waals surface area contributed by atoms with Crippen LogP contribution in [-0.2, 0) is 39.0 Å². The van der Waals surface area contributed by atoms with Crippen molar-refractivity contribution < 1.29 is 30.6 Å². The lowest BCUT2D eigenvalue weighted by atomic mass is 10.1. The molecule has 8 bridgehead atoms. The fourth-order valence-electron chi connectivity index (χ4n) is 8.00. The molecule has 0 unspecified atom stereocenters. The van der Waals surface area contributed by atoms with E-state index in [1.165, 1.54) is 36.7 Å². The van der Waals surface area contributed by atoms with E-state index in [9.17, 15) is 30.6 Å². The molecule has 0 radical (unpaired) electrons. The number of phenolic OH excluding ortho intramolecular Hbond substituents is 2. The molecule has 0 saturated carbocycles. The van der Waals surface area contributed by atoms with Gasteiger partial charge in [-0.2, -0.15) is 0 Å². The van der Waals surface area contributed by atoms with E-state index >= 15 is 0 Å². The van der Waals surface area contributed by atoms with Gasteiger partial charge in [-0.3, -0.25) is 29.8 Å². The van der Waals surface area contributed by atoms with Gasteiger partial charge in [0.15, 0.2) is 0 Å². The van der Waals surface area contributed by atoms with E-state index in [0.29, 0.717) is 130 Å². The van der Waals surface area contributed by atoms with Gasteiger partial charge in [0, 0.05) is 133 Å². The molecule has 16 heteroatoms. The van der Waals surface area contributed by atoms with Crippen LogP contribution in [0.15, 0.2) is 117 Å². The Labute approximate surface area is 427 Å². The maximum Gasteiger partial charge on any atom is 0.128 e. The van der Waals surface area contributed by atoms with Crippen LogP contribution >= 0.6 is 46.4 Å². The number of aromatic hydroxyl groups is 2. The maximum absolute atomic E-state index is 13.9. The molecule has 0 spiro atoms. The van der Waals surface area contributed by atoms with Gasteiger partial charge in [0.2, 0.25) is 0 Å². The van der Waals surface area contributed by atoms with E-state index in [-0.39, 0.29) is 60.7 Å². The molecule has 1 heterocycles. The minimum atomic E-state index is -0.240. The van der Waals surface area contributed by atoms with Crippen molar-refractivity contribution in [1.29, 1.82) is 0 Å². The van der Waals surface area contributed by atoms with Gasteiger partial charge in [-0.05, 0) is 108 Å². The van der Waals surface area contributed by atoms with Gasteiger partial charge >= 0.3 is 0 Å². The number of benzene rings is 6. The summed E-state index contributed by atoms with van der Waals surface area (Å²) < 4.78 is 0. The van der Waals surface area contributed by atoms with Crippen LogP contribution in [0, 0.1) is 0 Å². The summed E-state index contributed by atoms with van der Waals surface area (Å²) in [4.78, 5) is 22.1. The zero-order valence-corrected chi connectivity index (χ0v) is 41.2. The average Bonchev–Trinajstić information content (AvgIpc) is 3.32. The number of fused-ring (bicyclic) bond motifs is 8. The lowest BCUT2D eigenvalue weighted by Crippen LogP contribution is -2.26. The summed E-state index contributed by atoms with van der Waals surface area (Å²) in [6.07, 6.45) is 8.32. The highest BCUT2D eigenvalue weighted by molar-refractivity contribution is 6.32. The fourth-order valence-corrected chi connectivity index (χ4v) is 9.00. The quantitative estimate of drug-likeness (QED) is 0.166. The molecule has 1 aliphatic rings. The molecule has 0 aromatic heterocycles. The van der Waals surface area contributed by atoms with E-state index in [2.05, 4.69) is 20.0 Å². The van der Waals surface area contributed by atoms with Crippen LogP contribution in [0.3, 0.4) is 0 Å². The van der Waals surface area contributed by atoms with Crippen molar-refractivity contribution in [2.45, 2.75) is 51.9 Å². The Morgan fingerprint density at radius 1 is 0.414 bits per heavy atom. The standard InChI is InChI=1S/C54H54Cl4N6O6/c55-45-19-37-27-59-13-1-14-60-28-38-20-46(56)24-42(52(38)68)32-64(18-12-36-5-9-50(66)10-6-36)34-44-26-48(58)22-40(54(44)70)30-62-16-2-15-61-29-39-21-47(57)25-43(53(39)69)33-63(31-41(23-45)51(37)67)17-11-35-3-7-49(65)8-4-35/h3-10,19-30,65-70H,1-2,11-18,31-34H2/p-4. The van der Waals surface area contributed by atoms with Crippen LogP contribution in [-0.4, -0.2) is 84.1 Å². The molecular weight excluding hydrogens is 970 g/mol. The van der Waals surface area contributed by atoms with Crippen LogP contribution in [0.1, 0.15) is 68.5 Å². The van der Waals surface area contributed by atoms with E-state index in [1.54, 1.807) is 85.2 Å². The summed E-state index contributed by atoms with van der Waals surface area (Å²) in [5.74, 6) is -0.670. The normalized spacial score (nSPS) is 14.8. The van der Waals surface area contributed by atoms with Crippen LogP contribution in [0.4, 0.5) is 0 Å². The number of halogens is 4. The minimum Gasteiger partial charge on any atom is -0.872 e. The SMILES string of the molecule is [O-]c1ccc(CCN2Cc3cc(Cl)cc(c3[O-])C=NCCCN=Cc3cc(Cl)cc(c3[O-])CN(CCc3ccc([O-])cc3)Cc3cc(Cl)cc(c3O)C=NCCCN=Cc3cc(Cl)cc(c3O)C2)cc1. The van der Waals surface area contributed by atoms with Crippen LogP contribution in [0.25, 0.3) is 0 Å².